The van der Waals surface area contributed by atoms with E-state index >= 15 is 0 Å². The van der Waals surface area contributed by atoms with Gasteiger partial charge in [0.25, 0.3) is 0 Å². The van der Waals surface area contributed by atoms with Gasteiger partial charge in [0.15, 0.2) is 0 Å². The molecule has 6 nitrogen and oxygen atoms in total. The molecule has 0 spiro atoms. The lowest BCUT2D eigenvalue weighted by molar-refractivity contribution is -0.137. The van der Waals surface area contributed by atoms with Gasteiger partial charge in [-0.25, -0.2) is 4.98 Å². The third-order valence-electron chi connectivity index (χ3n) is 3.10. The molecule has 0 saturated heterocycles. The summed E-state index contributed by atoms with van der Waals surface area (Å²) >= 11 is 6.91. The van der Waals surface area contributed by atoms with Crippen LogP contribution < -0.4 is 5.73 Å². The number of carbonyl (C=O) groups excluding carboxylic acids is 1. The summed E-state index contributed by atoms with van der Waals surface area (Å²) in [6.07, 6.45) is 0. The number of ether oxygens (including phenoxy) is 1. The van der Waals surface area contributed by atoms with Gasteiger partial charge < -0.3 is 10.5 Å². The lowest BCUT2D eigenvalue weighted by Crippen LogP contribution is -2.07. The van der Waals surface area contributed by atoms with Gasteiger partial charge in [-0.2, -0.15) is 10.5 Å². The van der Waals surface area contributed by atoms with Crippen molar-refractivity contribution in [3.05, 3.63) is 40.4 Å². The summed E-state index contributed by atoms with van der Waals surface area (Å²) < 4.78 is 4.58. The molecule has 0 aliphatic carbocycles. The molecule has 0 saturated carbocycles. The van der Waals surface area contributed by atoms with Gasteiger partial charge in [0.2, 0.25) is 0 Å². The van der Waals surface area contributed by atoms with Crippen LogP contribution in [0.4, 0.5) is 5.82 Å². The van der Waals surface area contributed by atoms with Crippen molar-refractivity contribution in [1.82, 2.24) is 4.98 Å². The van der Waals surface area contributed by atoms with Crippen LogP contribution in [0.15, 0.2) is 29.3 Å². The monoisotopic (exact) mass is 358 g/mol. The van der Waals surface area contributed by atoms with E-state index in [-0.39, 0.29) is 27.7 Å². The number of benzene rings is 1. The molecule has 8 heteroatoms. The van der Waals surface area contributed by atoms with E-state index in [0.29, 0.717) is 16.1 Å². The number of pyridine rings is 1. The fraction of sp³-hybridized carbons (Fsp3) is 0.125. The molecule has 2 rings (SSSR count). The van der Waals surface area contributed by atoms with Crippen molar-refractivity contribution in [3.8, 4) is 23.3 Å². The van der Waals surface area contributed by atoms with Gasteiger partial charge in [-0.05, 0) is 17.7 Å². The Bertz CT molecular complexity index is 870. The number of anilines is 1. The number of nitrogen functional groups attached to an aromatic ring is 1. The molecule has 0 radical (unpaired) electrons. The molecule has 0 bridgehead atoms. The molecule has 1 heterocycles. The molecule has 0 fully saturated rings. The topological polar surface area (TPSA) is 113 Å². The average molecular weight is 359 g/mol. The standard InChI is InChI=1S/C16H11ClN4O2S/c1-23-13(22)8-24-16-12(7-19)14(11(6-18)15(20)21-16)9-2-4-10(17)5-3-9/h2-5H,8H2,1H3,(H2,20,21). The van der Waals surface area contributed by atoms with E-state index in [1.54, 1.807) is 24.3 Å². The zero-order valence-corrected chi connectivity index (χ0v) is 14.1. The lowest BCUT2D eigenvalue weighted by Gasteiger charge is -2.12. The van der Waals surface area contributed by atoms with Crippen molar-refractivity contribution in [2.75, 3.05) is 18.6 Å². The molecule has 24 heavy (non-hydrogen) atoms. The average Bonchev–Trinajstić information content (AvgIpc) is 2.59. The van der Waals surface area contributed by atoms with E-state index in [9.17, 15) is 15.3 Å². The Hall–Kier alpha value is -2.74. The SMILES string of the molecule is COC(=O)CSc1nc(N)c(C#N)c(-c2ccc(Cl)cc2)c1C#N. The number of aromatic nitrogens is 1. The largest absolute Gasteiger partial charge is 0.468 e. The van der Waals surface area contributed by atoms with Gasteiger partial charge in [0.1, 0.15) is 28.5 Å². The summed E-state index contributed by atoms with van der Waals surface area (Å²) in [6.45, 7) is 0. The van der Waals surface area contributed by atoms with E-state index in [2.05, 4.69) is 9.72 Å². The molecular formula is C16H11ClN4O2S. The third-order valence-corrected chi connectivity index (χ3v) is 4.30. The van der Waals surface area contributed by atoms with Gasteiger partial charge in [0, 0.05) is 10.6 Å². The van der Waals surface area contributed by atoms with E-state index in [1.165, 1.54) is 7.11 Å². The number of nitrogens with zero attached hydrogens (tertiary/aromatic N) is 3. The van der Waals surface area contributed by atoms with Crippen LogP contribution >= 0.6 is 23.4 Å². The minimum atomic E-state index is -0.457. The molecule has 2 N–H and O–H groups in total. The van der Waals surface area contributed by atoms with Crippen molar-refractivity contribution in [2.45, 2.75) is 5.03 Å². The number of esters is 1. The van der Waals surface area contributed by atoms with Crippen LogP contribution in [-0.2, 0) is 9.53 Å². The van der Waals surface area contributed by atoms with Crippen LogP contribution in [0.1, 0.15) is 11.1 Å². The van der Waals surface area contributed by atoms with Crippen molar-refractivity contribution in [3.63, 3.8) is 0 Å². The summed E-state index contributed by atoms with van der Waals surface area (Å²) in [7, 11) is 1.27. The van der Waals surface area contributed by atoms with E-state index in [0.717, 1.165) is 11.8 Å². The minimum Gasteiger partial charge on any atom is -0.468 e. The van der Waals surface area contributed by atoms with E-state index < -0.39 is 5.97 Å². The Kier molecular flexibility index (Phi) is 5.64. The molecule has 0 aliphatic rings. The van der Waals surface area contributed by atoms with Crippen LogP contribution in [0.3, 0.4) is 0 Å². The van der Waals surface area contributed by atoms with Crippen molar-refractivity contribution < 1.29 is 9.53 Å². The number of rotatable bonds is 4. The molecule has 0 atom stereocenters. The Labute approximate surface area is 147 Å². The van der Waals surface area contributed by atoms with Gasteiger partial charge in [0.05, 0.1) is 18.4 Å². The predicted molar refractivity (Wildman–Crippen MR) is 91.3 cm³/mol. The van der Waals surface area contributed by atoms with Crippen LogP contribution in [0.2, 0.25) is 5.02 Å². The Morgan fingerprint density at radius 3 is 2.46 bits per heavy atom. The van der Waals surface area contributed by atoms with Gasteiger partial charge in [-0.15, -0.1) is 0 Å². The number of hydrogen-bond acceptors (Lipinski definition) is 7. The number of halogens is 1. The first kappa shape index (κ1) is 17.6. The maximum Gasteiger partial charge on any atom is 0.316 e. The van der Waals surface area contributed by atoms with E-state index in [1.807, 2.05) is 12.1 Å². The highest BCUT2D eigenvalue weighted by Gasteiger charge is 2.21. The second-order valence-electron chi connectivity index (χ2n) is 4.52. The van der Waals surface area contributed by atoms with Crippen LogP contribution in [-0.4, -0.2) is 23.8 Å². The zero-order valence-electron chi connectivity index (χ0n) is 12.5. The molecule has 2 aromatic rings. The van der Waals surface area contributed by atoms with E-state index in [4.69, 9.17) is 17.3 Å². The Morgan fingerprint density at radius 1 is 1.29 bits per heavy atom. The number of hydrogen-bond donors (Lipinski definition) is 1. The molecular weight excluding hydrogens is 348 g/mol. The smallest absolute Gasteiger partial charge is 0.316 e. The highest BCUT2D eigenvalue weighted by molar-refractivity contribution is 7.99. The highest BCUT2D eigenvalue weighted by Crippen LogP contribution is 2.35. The molecule has 0 unspecified atom stereocenters. The highest BCUT2D eigenvalue weighted by atomic mass is 35.5. The molecule has 1 aromatic carbocycles. The molecule has 0 amide bonds. The normalized spacial score (nSPS) is 9.83. The minimum absolute atomic E-state index is 0.00573. The number of nitrogens with two attached hydrogens (primary N) is 1. The lowest BCUT2D eigenvalue weighted by atomic mass is 9.97. The van der Waals surface area contributed by atoms with Crippen molar-refractivity contribution in [1.29, 1.82) is 10.5 Å². The number of nitriles is 2. The first-order valence-electron chi connectivity index (χ1n) is 6.61. The fourth-order valence-electron chi connectivity index (χ4n) is 1.99. The molecule has 120 valence electrons. The number of methoxy groups -OCH3 is 1. The van der Waals surface area contributed by atoms with Gasteiger partial charge in [-0.3, -0.25) is 4.79 Å². The summed E-state index contributed by atoms with van der Waals surface area (Å²) in [5, 5.41) is 19.7. The second-order valence-corrected chi connectivity index (χ2v) is 5.92. The fourth-order valence-corrected chi connectivity index (χ4v) is 2.95. The maximum absolute atomic E-state index is 11.3. The maximum atomic E-state index is 11.3. The number of carbonyl (C=O) groups is 1. The first-order chi connectivity index (χ1) is 11.5. The van der Waals surface area contributed by atoms with Crippen LogP contribution in [0, 0.1) is 22.7 Å². The molecule has 0 aliphatic heterocycles. The quantitative estimate of drug-likeness (QED) is 0.660. The predicted octanol–water partition coefficient (Wildman–Crippen LogP) is 2.99. The van der Waals surface area contributed by atoms with Crippen LogP contribution in [0.5, 0.6) is 0 Å². The number of thioether (sulfide) groups is 1. The summed E-state index contributed by atoms with van der Waals surface area (Å²) in [5.74, 6) is -0.487. The summed E-state index contributed by atoms with van der Waals surface area (Å²) in [4.78, 5) is 15.4. The van der Waals surface area contributed by atoms with Gasteiger partial charge in [-0.1, -0.05) is 35.5 Å². The second kappa shape index (κ2) is 7.69. The Morgan fingerprint density at radius 2 is 1.92 bits per heavy atom. The van der Waals surface area contributed by atoms with Crippen LogP contribution in [0.25, 0.3) is 11.1 Å². The zero-order chi connectivity index (χ0) is 17.7. The summed E-state index contributed by atoms with van der Waals surface area (Å²) in [6, 6.07) is 10.7. The summed E-state index contributed by atoms with van der Waals surface area (Å²) in [5.41, 5.74) is 7.13. The first-order valence-corrected chi connectivity index (χ1v) is 7.97. The molecule has 1 aromatic heterocycles. The third kappa shape index (κ3) is 3.60. The Balaban J connectivity index is 2.65. The van der Waals surface area contributed by atoms with Gasteiger partial charge >= 0.3 is 5.97 Å². The van der Waals surface area contributed by atoms with Crippen molar-refractivity contribution >= 4 is 35.1 Å². The van der Waals surface area contributed by atoms with Crippen molar-refractivity contribution in [2.24, 2.45) is 0 Å².